The number of carbonyl (C=O) groups is 3. The predicted octanol–water partition coefficient (Wildman–Crippen LogP) is -0.802. The summed E-state index contributed by atoms with van der Waals surface area (Å²) < 4.78 is 45.0. The molecule has 0 aromatic heterocycles. The van der Waals surface area contributed by atoms with E-state index < -0.39 is 63.7 Å². The highest BCUT2D eigenvalue weighted by Crippen LogP contribution is 2.38. The first-order valence-corrected chi connectivity index (χ1v) is 9.79. The average Bonchev–Trinajstić information content (AvgIpc) is 2.42. The summed E-state index contributed by atoms with van der Waals surface area (Å²) in [5, 5.41) is 10.4. The molecule has 0 saturated carbocycles. The standard InChI is InChI=1S/C13H19BrO11S/c1-6(15)22-10-9(5-21-26(4,19)20)25-13(14,18)12(24-8(3)17)11(10)23-7(2)16/h9-12,18H,5H2,1-4H3/t9-,10-,11+,12-,13-/m1/s1. The van der Waals surface area contributed by atoms with Gasteiger partial charge in [-0.25, -0.2) is 0 Å². The Balaban J connectivity index is 3.28. The first-order chi connectivity index (χ1) is 11.7. The van der Waals surface area contributed by atoms with Gasteiger partial charge in [-0.1, -0.05) is 0 Å². The van der Waals surface area contributed by atoms with Crippen molar-refractivity contribution < 1.29 is 51.0 Å². The number of aliphatic hydroxyl groups is 1. The molecule has 0 spiro atoms. The van der Waals surface area contributed by atoms with Crippen LogP contribution in [0.25, 0.3) is 0 Å². The minimum Gasteiger partial charge on any atom is -0.456 e. The molecule has 1 saturated heterocycles. The number of alkyl halides is 1. The summed E-state index contributed by atoms with van der Waals surface area (Å²) in [6.45, 7) is 2.46. The minimum atomic E-state index is -3.90. The summed E-state index contributed by atoms with van der Waals surface area (Å²) in [7, 11) is -3.90. The summed E-state index contributed by atoms with van der Waals surface area (Å²) in [6, 6.07) is 0. The molecule has 0 aromatic rings. The molecule has 0 unspecified atom stereocenters. The molecule has 1 fully saturated rings. The van der Waals surface area contributed by atoms with Crippen molar-refractivity contribution in [3.05, 3.63) is 0 Å². The summed E-state index contributed by atoms with van der Waals surface area (Å²) in [4.78, 5) is 34.2. The maximum Gasteiger partial charge on any atom is 0.303 e. The van der Waals surface area contributed by atoms with Crippen molar-refractivity contribution in [1.29, 1.82) is 0 Å². The number of rotatable bonds is 6. The molecule has 0 amide bonds. The van der Waals surface area contributed by atoms with Gasteiger partial charge in [-0.05, 0) is 15.9 Å². The van der Waals surface area contributed by atoms with Crippen molar-refractivity contribution >= 4 is 44.0 Å². The van der Waals surface area contributed by atoms with Crippen molar-refractivity contribution in [3.8, 4) is 0 Å². The lowest BCUT2D eigenvalue weighted by Gasteiger charge is -2.46. The van der Waals surface area contributed by atoms with Crippen molar-refractivity contribution in [2.24, 2.45) is 0 Å². The second-order valence-corrected chi connectivity index (χ2v) is 8.21. The molecule has 0 aliphatic carbocycles. The molecule has 1 N–H and O–H groups in total. The van der Waals surface area contributed by atoms with E-state index in [0.29, 0.717) is 0 Å². The van der Waals surface area contributed by atoms with Gasteiger partial charge in [-0.3, -0.25) is 18.6 Å². The number of ether oxygens (including phenoxy) is 4. The zero-order chi connectivity index (χ0) is 20.3. The smallest absolute Gasteiger partial charge is 0.303 e. The van der Waals surface area contributed by atoms with Crippen molar-refractivity contribution in [3.63, 3.8) is 0 Å². The van der Waals surface area contributed by atoms with E-state index in [0.717, 1.165) is 27.0 Å². The fraction of sp³-hybridized carbons (Fsp3) is 0.769. The van der Waals surface area contributed by atoms with E-state index in [9.17, 15) is 27.9 Å². The van der Waals surface area contributed by atoms with E-state index in [-0.39, 0.29) is 0 Å². The van der Waals surface area contributed by atoms with Crippen LogP contribution < -0.4 is 0 Å². The van der Waals surface area contributed by atoms with Gasteiger partial charge < -0.3 is 24.1 Å². The van der Waals surface area contributed by atoms with Gasteiger partial charge in [0.15, 0.2) is 12.2 Å². The fourth-order valence-electron chi connectivity index (χ4n) is 2.23. The van der Waals surface area contributed by atoms with Crippen LogP contribution in [0, 0.1) is 0 Å². The van der Waals surface area contributed by atoms with Gasteiger partial charge in [-0.2, -0.15) is 8.42 Å². The van der Waals surface area contributed by atoms with Crippen molar-refractivity contribution in [2.45, 2.75) is 49.9 Å². The van der Waals surface area contributed by atoms with Gasteiger partial charge in [0.2, 0.25) is 6.10 Å². The molecule has 1 aliphatic rings. The minimum absolute atomic E-state index is 0.671. The Morgan fingerprint density at radius 1 is 1.04 bits per heavy atom. The van der Waals surface area contributed by atoms with Gasteiger partial charge in [0, 0.05) is 20.8 Å². The normalized spacial score (nSPS) is 31.8. The third-order valence-corrected chi connectivity index (χ3v) is 4.20. The Bertz CT molecular complexity index is 659. The molecule has 13 heteroatoms. The lowest BCUT2D eigenvalue weighted by molar-refractivity contribution is -0.307. The summed E-state index contributed by atoms with van der Waals surface area (Å²) >= 11 is 2.79. The van der Waals surface area contributed by atoms with Crippen LogP contribution in [0.15, 0.2) is 0 Å². The van der Waals surface area contributed by atoms with E-state index in [1.807, 2.05) is 0 Å². The summed E-state index contributed by atoms with van der Waals surface area (Å²) in [5.74, 6) is -2.50. The average molecular weight is 463 g/mol. The van der Waals surface area contributed by atoms with Crippen LogP contribution in [-0.2, 0) is 47.6 Å². The predicted molar refractivity (Wildman–Crippen MR) is 86.2 cm³/mol. The molecule has 1 rings (SSSR count). The summed E-state index contributed by atoms with van der Waals surface area (Å²) in [5.41, 5.74) is 0. The monoisotopic (exact) mass is 462 g/mol. The van der Waals surface area contributed by atoms with Crippen LogP contribution in [0.4, 0.5) is 0 Å². The maximum absolute atomic E-state index is 11.4. The second kappa shape index (κ2) is 8.61. The maximum atomic E-state index is 11.4. The van der Waals surface area contributed by atoms with Crippen LogP contribution in [-0.4, -0.2) is 73.4 Å². The Morgan fingerprint density at radius 2 is 1.50 bits per heavy atom. The van der Waals surface area contributed by atoms with Gasteiger partial charge in [0.05, 0.1) is 12.9 Å². The molecule has 150 valence electrons. The largest absolute Gasteiger partial charge is 0.456 e. The van der Waals surface area contributed by atoms with Crippen LogP contribution in [0.5, 0.6) is 0 Å². The molecule has 0 bridgehead atoms. The van der Waals surface area contributed by atoms with E-state index in [1.165, 1.54) is 0 Å². The Hall–Kier alpha value is -1.28. The number of esters is 3. The first kappa shape index (κ1) is 22.8. The van der Waals surface area contributed by atoms with Gasteiger partial charge in [0.1, 0.15) is 6.10 Å². The third kappa shape index (κ3) is 6.79. The molecule has 1 heterocycles. The highest BCUT2D eigenvalue weighted by atomic mass is 79.9. The zero-order valence-electron chi connectivity index (χ0n) is 14.3. The molecule has 11 nitrogen and oxygen atoms in total. The van der Waals surface area contributed by atoms with Crippen molar-refractivity contribution in [1.82, 2.24) is 0 Å². The molecular weight excluding hydrogens is 444 g/mol. The van der Waals surface area contributed by atoms with Gasteiger partial charge in [0.25, 0.3) is 14.8 Å². The number of hydrogen-bond donors (Lipinski definition) is 1. The fourth-order valence-corrected chi connectivity index (χ4v) is 3.20. The first-order valence-electron chi connectivity index (χ1n) is 7.18. The van der Waals surface area contributed by atoms with Gasteiger partial charge >= 0.3 is 17.9 Å². The molecule has 0 radical (unpaired) electrons. The summed E-state index contributed by atoms with van der Waals surface area (Å²) in [6.07, 6.45) is -5.16. The molecule has 1 aliphatic heterocycles. The number of carbonyl (C=O) groups excluding carboxylic acids is 3. The quantitative estimate of drug-likeness (QED) is 0.228. The van der Waals surface area contributed by atoms with Crippen LogP contribution >= 0.6 is 15.9 Å². The highest BCUT2D eigenvalue weighted by molar-refractivity contribution is 9.10. The van der Waals surface area contributed by atoms with Gasteiger partial charge in [-0.15, -0.1) is 0 Å². The molecule has 26 heavy (non-hydrogen) atoms. The Kier molecular flexibility index (Phi) is 7.53. The number of halogens is 1. The Labute approximate surface area is 158 Å². The van der Waals surface area contributed by atoms with E-state index in [2.05, 4.69) is 20.1 Å². The Morgan fingerprint density at radius 3 is 1.92 bits per heavy atom. The zero-order valence-corrected chi connectivity index (χ0v) is 16.7. The third-order valence-electron chi connectivity index (χ3n) is 3.00. The van der Waals surface area contributed by atoms with Crippen LogP contribution in [0.2, 0.25) is 0 Å². The highest BCUT2D eigenvalue weighted by Gasteiger charge is 2.58. The number of hydrogen-bond acceptors (Lipinski definition) is 11. The van der Waals surface area contributed by atoms with Crippen LogP contribution in [0.1, 0.15) is 20.8 Å². The van der Waals surface area contributed by atoms with E-state index in [1.54, 1.807) is 0 Å². The molecule has 0 aromatic carbocycles. The lowest BCUT2D eigenvalue weighted by atomic mass is 9.98. The van der Waals surface area contributed by atoms with E-state index >= 15 is 0 Å². The molecule has 5 atom stereocenters. The molecular formula is C13H19BrO11S. The van der Waals surface area contributed by atoms with Crippen molar-refractivity contribution in [2.75, 3.05) is 12.9 Å². The second-order valence-electron chi connectivity index (χ2n) is 5.43. The SMILES string of the molecule is CC(=O)O[C@H]1[C@H](OC(C)=O)[C@@H](COS(C)(=O)=O)O[C@@](O)(Br)[C@@H]1OC(C)=O. The van der Waals surface area contributed by atoms with E-state index in [4.69, 9.17) is 18.9 Å². The topological polar surface area (TPSA) is 152 Å². The lowest BCUT2D eigenvalue weighted by Crippen LogP contribution is -2.66. The van der Waals surface area contributed by atoms with Crippen LogP contribution in [0.3, 0.4) is 0 Å².